The second-order valence-electron chi connectivity index (χ2n) is 4.96. The van der Waals surface area contributed by atoms with Crippen LogP contribution in [0.5, 0.6) is 0 Å². The van der Waals surface area contributed by atoms with Crippen molar-refractivity contribution in [1.82, 2.24) is 9.80 Å². The smallest absolute Gasteiger partial charge is 0.0313 e. The van der Waals surface area contributed by atoms with E-state index >= 15 is 0 Å². The third-order valence-electron chi connectivity index (χ3n) is 3.24. The Hall–Kier alpha value is -0.340. The molecule has 0 aromatic heterocycles. The van der Waals surface area contributed by atoms with E-state index in [1.54, 1.807) is 0 Å². The first-order chi connectivity index (χ1) is 6.75. The van der Waals surface area contributed by atoms with Gasteiger partial charge in [0, 0.05) is 38.8 Å². The monoisotopic (exact) mass is 194 g/mol. The van der Waals surface area contributed by atoms with Gasteiger partial charge in [-0.2, -0.15) is 0 Å². The first-order valence-corrected chi connectivity index (χ1v) is 5.89. The lowest BCUT2D eigenvalue weighted by atomic mass is 10.0. The summed E-state index contributed by atoms with van der Waals surface area (Å²) in [6.45, 7) is 10.9. The third kappa shape index (κ3) is 2.37. The summed E-state index contributed by atoms with van der Waals surface area (Å²) in [5, 5.41) is 0. The van der Waals surface area contributed by atoms with Gasteiger partial charge >= 0.3 is 0 Å². The summed E-state index contributed by atoms with van der Waals surface area (Å²) < 4.78 is 0. The van der Waals surface area contributed by atoms with E-state index in [1.165, 1.54) is 39.1 Å². The molecule has 2 aliphatic rings. The molecule has 0 spiro atoms. The molecule has 1 aliphatic carbocycles. The van der Waals surface area contributed by atoms with Gasteiger partial charge in [0.1, 0.15) is 0 Å². The maximum Gasteiger partial charge on any atom is 0.0313 e. The van der Waals surface area contributed by atoms with Crippen molar-refractivity contribution < 1.29 is 0 Å². The molecule has 1 heterocycles. The summed E-state index contributed by atoms with van der Waals surface area (Å²) in [7, 11) is 0. The Morgan fingerprint density at radius 2 is 1.86 bits per heavy atom. The van der Waals surface area contributed by atoms with Crippen LogP contribution in [-0.4, -0.2) is 48.6 Å². The number of nitrogens with zero attached hydrogens (tertiary/aromatic N) is 2. The summed E-state index contributed by atoms with van der Waals surface area (Å²) in [5.74, 6) is 0.810. The predicted octanol–water partition coefficient (Wildman–Crippen LogP) is 1.59. The summed E-state index contributed by atoms with van der Waals surface area (Å²) in [6.07, 6.45) is 5.91. The fourth-order valence-corrected chi connectivity index (χ4v) is 2.32. The van der Waals surface area contributed by atoms with Crippen LogP contribution >= 0.6 is 0 Å². The number of rotatable bonds is 3. The van der Waals surface area contributed by atoms with Crippen LogP contribution in [0.3, 0.4) is 0 Å². The van der Waals surface area contributed by atoms with Crippen molar-refractivity contribution in [3.63, 3.8) is 0 Å². The molecule has 0 N–H and O–H groups in total. The maximum absolute atomic E-state index is 2.62. The number of hydrogen-bond donors (Lipinski definition) is 0. The van der Waals surface area contributed by atoms with Gasteiger partial charge in [-0.25, -0.2) is 0 Å². The van der Waals surface area contributed by atoms with Crippen molar-refractivity contribution in [2.75, 3.05) is 32.7 Å². The molecule has 0 aromatic rings. The minimum absolute atomic E-state index is 0.774. The van der Waals surface area contributed by atoms with Crippen LogP contribution in [0.15, 0.2) is 12.2 Å². The van der Waals surface area contributed by atoms with Crippen LogP contribution in [0.4, 0.5) is 0 Å². The van der Waals surface area contributed by atoms with Crippen LogP contribution in [0.2, 0.25) is 0 Å². The van der Waals surface area contributed by atoms with E-state index in [0.717, 1.165) is 12.0 Å². The maximum atomic E-state index is 2.62. The molecule has 2 nitrogen and oxygen atoms in total. The molecular formula is C12H22N2. The summed E-state index contributed by atoms with van der Waals surface area (Å²) in [5.41, 5.74) is 0. The van der Waals surface area contributed by atoms with Gasteiger partial charge < -0.3 is 4.90 Å². The van der Waals surface area contributed by atoms with E-state index in [4.69, 9.17) is 0 Å². The van der Waals surface area contributed by atoms with Crippen molar-refractivity contribution in [3.05, 3.63) is 12.2 Å². The van der Waals surface area contributed by atoms with Gasteiger partial charge in [0.25, 0.3) is 0 Å². The highest BCUT2D eigenvalue weighted by Gasteiger charge is 2.24. The van der Waals surface area contributed by atoms with Crippen molar-refractivity contribution in [2.24, 2.45) is 5.92 Å². The summed E-state index contributed by atoms with van der Waals surface area (Å²) in [4.78, 5) is 5.22. The Balaban J connectivity index is 1.72. The fraction of sp³-hybridized carbons (Fsp3) is 0.833. The molecule has 0 aromatic carbocycles. The van der Waals surface area contributed by atoms with Crippen LogP contribution < -0.4 is 0 Å². The molecule has 0 saturated carbocycles. The van der Waals surface area contributed by atoms with Crippen molar-refractivity contribution in [3.8, 4) is 0 Å². The lowest BCUT2D eigenvalue weighted by Gasteiger charge is -2.40. The summed E-state index contributed by atoms with van der Waals surface area (Å²) in [6, 6.07) is 0.774. The normalized spacial score (nSPS) is 29.5. The molecule has 2 heteroatoms. The number of piperazine rings is 1. The molecule has 1 atom stereocenters. The third-order valence-corrected chi connectivity index (χ3v) is 3.24. The Bertz CT molecular complexity index is 202. The first kappa shape index (κ1) is 10.2. The lowest BCUT2D eigenvalue weighted by Crippen LogP contribution is -2.51. The lowest BCUT2D eigenvalue weighted by molar-refractivity contribution is 0.0995. The van der Waals surface area contributed by atoms with E-state index in [1.807, 2.05) is 0 Å². The quantitative estimate of drug-likeness (QED) is 0.630. The summed E-state index contributed by atoms with van der Waals surface area (Å²) >= 11 is 0. The van der Waals surface area contributed by atoms with Gasteiger partial charge in [0.15, 0.2) is 0 Å². The Labute approximate surface area is 87.6 Å². The van der Waals surface area contributed by atoms with E-state index in [2.05, 4.69) is 35.8 Å². The highest BCUT2D eigenvalue weighted by Crippen LogP contribution is 2.17. The molecule has 80 valence electrons. The van der Waals surface area contributed by atoms with E-state index in [9.17, 15) is 0 Å². The topological polar surface area (TPSA) is 6.48 Å². The Morgan fingerprint density at radius 1 is 1.21 bits per heavy atom. The largest absolute Gasteiger partial charge is 0.301 e. The molecule has 0 bridgehead atoms. The molecule has 1 fully saturated rings. The van der Waals surface area contributed by atoms with Crippen LogP contribution in [0.25, 0.3) is 0 Å². The molecule has 0 radical (unpaired) electrons. The predicted molar refractivity (Wildman–Crippen MR) is 60.4 cm³/mol. The highest BCUT2D eigenvalue weighted by atomic mass is 15.3. The van der Waals surface area contributed by atoms with Crippen molar-refractivity contribution in [2.45, 2.75) is 26.3 Å². The molecular weight excluding hydrogens is 172 g/mol. The van der Waals surface area contributed by atoms with Crippen LogP contribution in [0.1, 0.15) is 20.3 Å². The molecule has 2 rings (SSSR count). The van der Waals surface area contributed by atoms with Gasteiger partial charge in [-0.3, -0.25) is 4.90 Å². The average Bonchev–Trinajstić information content (AvgIpc) is 2.04. The minimum Gasteiger partial charge on any atom is -0.301 e. The minimum atomic E-state index is 0.774. The zero-order valence-electron chi connectivity index (χ0n) is 9.45. The average molecular weight is 194 g/mol. The van der Waals surface area contributed by atoms with Crippen molar-refractivity contribution >= 4 is 0 Å². The van der Waals surface area contributed by atoms with Gasteiger partial charge in [0.05, 0.1) is 0 Å². The van der Waals surface area contributed by atoms with E-state index < -0.39 is 0 Å². The molecule has 14 heavy (non-hydrogen) atoms. The zero-order chi connectivity index (χ0) is 9.97. The Kier molecular flexibility index (Phi) is 3.24. The van der Waals surface area contributed by atoms with Crippen molar-refractivity contribution in [1.29, 1.82) is 0 Å². The Morgan fingerprint density at radius 3 is 2.29 bits per heavy atom. The number of hydrogen-bond acceptors (Lipinski definition) is 2. The van der Waals surface area contributed by atoms with Gasteiger partial charge in [0.2, 0.25) is 0 Å². The molecule has 1 aliphatic heterocycles. The molecule has 0 amide bonds. The van der Waals surface area contributed by atoms with Crippen LogP contribution in [0, 0.1) is 5.92 Å². The second kappa shape index (κ2) is 4.45. The van der Waals surface area contributed by atoms with Gasteiger partial charge in [-0.1, -0.05) is 26.0 Å². The zero-order valence-corrected chi connectivity index (χ0v) is 9.45. The van der Waals surface area contributed by atoms with Gasteiger partial charge in [-0.15, -0.1) is 0 Å². The highest BCUT2D eigenvalue weighted by molar-refractivity contribution is 5.08. The molecule has 1 saturated heterocycles. The molecule has 1 unspecified atom stereocenters. The van der Waals surface area contributed by atoms with Gasteiger partial charge in [-0.05, 0) is 12.3 Å². The van der Waals surface area contributed by atoms with E-state index in [0.29, 0.717) is 0 Å². The second-order valence-corrected chi connectivity index (χ2v) is 4.96. The first-order valence-electron chi connectivity index (χ1n) is 5.89. The standard InChI is InChI=1S/C12H22N2/c1-11(2)10-13-6-8-14(9-7-13)12-4-3-5-12/h3-4,11-12H,5-10H2,1-2H3. The van der Waals surface area contributed by atoms with Crippen LogP contribution in [-0.2, 0) is 0 Å². The van der Waals surface area contributed by atoms with E-state index in [-0.39, 0.29) is 0 Å². The SMILES string of the molecule is CC(C)CN1CCN(C2C=CC2)CC1. The fourth-order valence-electron chi connectivity index (χ4n) is 2.32.